The summed E-state index contributed by atoms with van der Waals surface area (Å²) in [6.07, 6.45) is 0.837. The van der Waals surface area contributed by atoms with E-state index < -0.39 is 0 Å². The molecular weight excluding hydrogens is 340 g/mol. The first kappa shape index (κ1) is 18.4. The van der Waals surface area contributed by atoms with Gasteiger partial charge in [-0.2, -0.15) is 0 Å². The molecule has 0 bridgehead atoms. The van der Waals surface area contributed by atoms with Crippen LogP contribution in [0.1, 0.15) is 17.9 Å². The first-order valence-corrected chi connectivity index (χ1v) is 9.97. The number of ether oxygens (including phenoxy) is 2. The number of hydrogen-bond donors (Lipinski definition) is 0. The minimum atomic E-state index is -0.114. The van der Waals surface area contributed by atoms with Crippen LogP contribution in [0, 0.1) is 0 Å². The second kappa shape index (κ2) is 8.83. The highest BCUT2D eigenvalue weighted by atomic mass is 16.5. The van der Waals surface area contributed by atoms with E-state index >= 15 is 0 Å². The lowest BCUT2D eigenvalue weighted by Crippen LogP contribution is -2.44. The Morgan fingerprint density at radius 3 is 2.33 bits per heavy atom. The van der Waals surface area contributed by atoms with Crippen molar-refractivity contribution in [3.63, 3.8) is 0 Å². The Hall–Kier alpha value is -1.95. The summed E-state index contributed by atoms with van der Waals surface area (Å²) in [6, 6.07) is 14.7. The maximum absolute atomic E-state index is 13.4. The van der Waals surface area contributed by atoms with E-state index in [4.69, 9.17) is 9.47 Å². The molecule has 5 nitrogen and oxygen atoms in total. The highest BCUT2D eigenvalue weighted by Gasteiger charge is 2.29. The Balaban J connectivity index is 1.60. The van der Waals surface area contributed by atoms with Crippen LogP contribution in [0.2, 0.25) is 0 Å². The molecule has 0 saturated carbocycles. The molecule has 1 amide bonds. The van der Waals surface area contributed by atoms with E-state index in [0.717, 1.165) is 44.8 Å². The molecule has 2 aliphatic rings. The van der Waals surface area contributed by atoms with Crippen LogP contribution in [-0.4, -0.2) is 74.9 Å². The number of rotatable bonds is 5. The van der Waals surface area contributed by atoms with Crippen molar-refractivity contribution in [3.8, 4) is 0 Å². The van der Waals surface area contributed by atoms with Gasteiger partial charge in [0.25, 0.3) is 0 Å². The summed E-state index contributed by atoms with van der Waals surface area (Å²) in [5, 5.41) is 2.38. The zero-order valence-corrected chi connectivity index (χ0v) is 15.8. The van der Waals surface area contributed by atoms with Gasteiger partial charge >= 0.3 is 0 Å². The summed E-state index contributed by atoms with van der Waals surface area (Å²) < 4.78 is 10.9. The van der Waals surface area contributed by atoms with Crippen LogP contribution in [0.3, 0.4) is 0 Å². The Bertz CT molecular complexity index is 762. The molecule has 4 rings (SSSR count). The van der Waals surface area contributed by atoms with Crippen LogP contribution in [0.15, 0.2) is 42.5 Å². The van der Waals surface area contributed by atoms with Gasteiger partial charge in [-0.05, 0) is 29.3 Å². The predicted molar refractivity (Wildman–Crippen MR) is 106 cm³/mol. The number of hydrogen-bond acceptors (Lipinski definition) is 4. The van der Waals surface area contributed by atoms with E-state index in [9.17, 15) is 4.79 Å². The first-order chi connectivity index (χ1) is 13.3. The molecule has 2 aliphatic heterocycles. The van der Waals surface area contributed by atoms with Crippen molar-refractivity contribution in [1.29, 1.82) is 0 Å². The van der Waals surface area contributed by atoms with Crippen molar-refractivity contribution in [1.82, 2.24) is 9.80 Å². The lowest BCUT2D eigenvalue weighted by Gasteiger charge is -2.33. The molecule has 27 heavy (non-hydrogen) atoms. The molecule has 0 aliphatic carbocycles. The topological polar surface area (TPSA) is 42.0 Å². The van der Waals surface area contributed by atoms with E-state index in [1.807, 2.05) is 4.90 Å². The van der Waals surface area contributed by atoms with Gasteiger partial charge in [0.15, 0.2) is 0 Å². The average molecular weight is 368 g/mol. The van der Waals surface area contributed by atoms with Gasteiger partial charge in [0, 0.05) is 26.2 Å². The molecule has 2 saturated heterocycles. The number of benzene rings is 2. The van der Waals surface area contributed by atoms with Gasteiger partial charge in [0.2, 0.25) is 5.91 Å². The van der Waals surface area contributed by atoms with E-state index in [2.05, 4.69) is 47.4 Å². The molecule has 1 unspecified atom stereocenters. The molecule has 2 aromatic carbocycles. The van der Waals surface area contributed by atoms with E-state index in [1.54, 1.807) is 0 Å². The molecule has 2 aromatic rings. The SMILES string of the molecule is O=C(C(CCN1CCOCC1)c1cccc2ccccc12)N1CCOCC1. The highest BCUT2D eigenvalue weighted by Crippen LogP contribution is 2.30. The third kappa shape index (κ3) is 4.32. The number of nitrogens with zero attached hydrogens (tertiary/aromatic N) is 2. The smallest absolute Gasteiger partial charge is 0.230 e. The van der Waals surface area contributed by atoms with E-state index in [-0.39, 0.29) is 11.8 Å². The highest BCUT2D eigenvalue weighted by molar-refractivity contribution is 5.93. The van der Waals surface area contributed by atoms with Crippen molar-refractivity contribution < 1.29 is 14.3 Å². The maximum Gasteiger partial charge on any atom is 0.230 e. The van der Waals surface area contributed by atoms with E-state index in [0.29, 0.717) is 26.3 Å². The number of fused-ring (bicyclic) bond motifs is 1. The zero-order chi connectivity index (χ0) is 18.5. The standard InChI is InChI=1S/C22H28N2O3/c25-22(24-12-16-27-17-13-24)21(8-9-23-10-14-26-15-11-23)20-7-3-5-18-4-1-2-6-19(18)20/h1-7,21H,8-17H2. The van der Waals surface area contributed by atoms with Gasteiger partial charge in [-0.3, -0.25) is 9.69 Å². The molecule has 0 N–H and O–H groups in total. The Kier molecular flexibility index (Phi) is 6.02. The Labute approximate surface area is 160 Å². The normalized spacial score (nSPS) is 19.9. The number of amides is 1. The first-order valence-electron chi connectivity index (χ1n) is 9.97. The van der Waals surface area contributed by atoms with Crippen molar-refractivity contribution in [2.24, 2.45) is 0 Å². The van der Waals surface area contributed by atoms with Gasteiger partial charge in [0.05, 0.1) is 32.3 Å². The third-order valence-electron chi connectivity index (χ3n) is 5.66. The van der Waals surface area contributed by atoms with Crippen LogP contribution >= 0.6 is 0 Å². The van der Waals surface area contributed by atoms with Crippen molar-refractivity contribution in [2.45, 2.75) is 12.3 Å². The second-order valence-electron chi connectivity index (χ2n) is 7.30. The van der Waals surface area contributed by atoms with Gasteiger partial charge in [-0.25, -0.2) is 0 Å². The zero-order valence-electron chi connectivity index (χ0n) is 15.8. The molecule has 0 aromatic heterocycles. The summed E-state index contributed by atoms with van der Waals surface area (Å²) in [4.78, 5) is 17.8. The second-order valence-corrected chi connectivity index (χ2v) is 7.30. The number of morpholine rings is 2. The predicted octanol–water partition coefficient (Wildman–Crippen LogP) is 2.50. The molecule has 144 valence electrons. The number of carbonyl (C=O) groups excluding carboxylic acids is 1. The monoisotopic (exact) mass is 368 g/mol. The van der Waals surface area contributed by atoms with Gasteiger partial charge in [-0.15, -0.1) is 0 Å². The van der Waals surface area contributed by atoms with Crippen LogP contribution in [0.4, 0.5) is 0 Å². The Morgan fingerprint density at radius 2 is 1.56 bits per heavy atom. The largest absolute Gasteiger partial charge is 0.379 e. The molecule has 1 atom stereocenters. The lowest BCUT2D eigenvalue weighted by molar-refractivity contribution is -0.137. The van der Waals surface area contributed by atoms with Gasteiger partial charge < -0.3 is 14.4 Å². The fourth-order valence-corrected chi connectivity index (χ4v) is 4.11. The summed E-state index contributed by atoms with van der Waals surface area (Å²) in [7, 11) is 0. The lowest BCUT2D eigenvalue weighted by atomic mass is 9.89. The van der Waals surface area contributed by atoms with Crippen LogP contribution in [0.25, 0.3) is 10.8 Å². The summed E-state index contributed by atoms with van der Waals surface area (Å²) in [5.74, 6) is 0.125. The fourth-order valence-electron chi connectivity index (χ4n) is 4.11. The van der Waals surface area contributed by atoms with Crippen molar-refractivity contribution in [3.05, 3.63) is 48.0 Å². The number of carbonyl (C=O) groups is 1. The molecule has 2 heterocycles. The third-order valence-corrected chi connectivity index (χ3v) is 5.66. The molecule has 0 spiro atoms. The Morgan fingerprint density at radius 1 is 0.889 bits per heavy atom. The van der Waals surface area contributed by atoms with Crippen LogP contribution in [-0.2, 0) is 14.3 Å². The van der Waals surface area contributed by atoms with Crippen LogP contribution in [0.5, 0.6) is 0 Å². The van der Waals surface area contributed by atoms with Crippen LogP contribution < -0.4 is 0 Å². The average Bonchev–Trinajstić information content (AvgIpc) is 2.75. The quantitative estimate of drug-likeness (QED) is 0.813. The molecular formula is C22H28N2O3. The van der Waals surface area contributed by atoms with Gasteiger partial charge in [0.1, 0.15) is 0 Å². The molecule has 0 radical (unpaired) electrons. The van der Waals surface area contributed by atoms with Gasteiger partial charge in [-0.1, -0.05) is 42.5 Å². The minimum absolute atomic E-state index is 0.114. The minimum Gasteiger partial charge on any atom is -0.379 e. The summed E-state index contributed by atoms with van der Waals surface area (Å²) >= 11 is 0. The summed E-state index contributed by atoms with van der Waals surface area (Å²) in [6.45, 7) is 7.06. The molecule has 2 fully saturated rings. The van der Waals surface area contributed by atoms with Crippen molar-refractivity contribution >= 4 is 16.7 Å². The van der Waals surface area contributed by atoms with Crippen molar-refractivity contribution in [2.75, 3.05) is 59.2 Å². The molecule has 5 heteroatoms. The summed E-state index contributed by atoms with van der Waals surface area (Å²) in [5.41, 5.74) is 1.15. The fraction of sp³-hybridized carbons (Fsp3) is 0.500. The maximum atomic E-state index is 13.4. The van der Waals surface area contributed by atoms with E-state index in [1.165, 1.54) is 10.8 Å².